The van der Waals surface area contributed by atoms with Gasteiger partial charge in [-0.1, -0.05) is 17.7 Å². The van der Waals surface area contributed by atoms with Gasteiger partial charge in [0.05, 0.1) is 30.8 Å². The fraction of sp³-hybridized carbons (Fsp3) is 0.586. The Bertz CT molecular complexity index is 1200. The number of carbonyl (C=O) groups is 4. The molecule has 3 N–H and O–H groups in total. The van der Waals surface area contributed by atoms with Crippen molar-refractivity contribution in [2.45, 2.75) is 87.3 Å². The van der Waals surface area contributed by atoms with Gasteiger partial charge in [0.25, 0.3) is 0 Å². The Labute approximate surface area is 243 Å². The lowest BCUT2D eigenvalue weighted by atomic mass is 9.68. The number of amides is 3. The zero-order valence-corrected chi connectivity index (χ0v) is 24.6. The molecule has 3 aliphatic rings. The Balaban J connectivity index is 1.28. The van der Waals surface area contributed by atoms with Crippen molar-refractivity contribution in [3.63, 3.8) is 0 Å². The van der Waals surface area contributed by atoms with Crippen LogP contribution in [0.1, 0.15) is 52.9 Å². The average molecular weight is 591 g/mol. The molecule has 1 spiro atoms. The van der Waals surface area contributed by atoms with E-state index in [9.17, 15) is 19.2 Å². The van der Waals surface area contributed by atoms with Crippen molar-refractivity contribution >= 4 is 41.3 Å². The Morgan fingerprint density at radius 1 is 1.20 bits per heavy atom. The lowest BCUT2D eigenvalue weighted by Gasteiger charge is -2.42. The molecule has 0 unspecified atom stereocenters. The van der Waals surface area contributed by atoms with Gasteiger partial charge in [-0.25, -0.2) is 4.79 Å². The Kier molecular flexibility index (Phi) is 9.78. The molecule has 0 aromatic heterocycles. The first-order valence-corrected chi connectivity index (χ1v) is 14.7. The number of nitrogens with one attached hydrogen (secondary N) is 2. The quantitative estimate of drug-likeness (QED) is 0.185. The van der Waals surface area contributed by atoms with Crippen LogP contribution >= 0.6 is 11.8 Å². The Morgan fingerprint density at radius 2 is 1.95 bits per heavy atom. The first-order valence-electron chi connectivity index (χ1n) is 13.7. The maximum absolute atomic E-state index is 12.7. The van der Waals surface area contributed by atoms with E-state index in [2.05, 4.69) is 37.5 Å². The zero-order valence-electron chi connectivity index (χ0n) is 23.8. The Morgan fingerprint density at radius 3 is 2.61 bits per heavy atom. The lowest BCUT2D eigenvalue weighted by Crippen LogP contribution is -2.56. The topological polar surface area (TPSA) is 156 Å². The first kappa shape index (κ1) is 31.0. The fourth-order valence-corrected chi connectivity index (χ4v) is 6.40. The highest BCUT2D eigenvalue weighted by atomic mass is 32.2. The van der Waals surface area contributed by atoms with Gasteiger partial charge in [-0.2, -0.15) is 0 Å². The molecular weight excluding hydrogens is 552 g/mol. The molecule has 2 saturated heterocycles. The molecule has 1 aromatic carbocycles. The predicted molar refractivity (Wildman–Crippen MR) is 151 cm³/mol. The summed E-state index contributed by atoms with van der Waals surface area (Å²) in [4.78, 5) is 48.4. The van der Waals surface area contributed by atoms with Crippen molar-refractivity contribution in [2.24, 2.45) is 5.92 Å². The molecule has 41 heavy (non-hydrogen) atoms. The van der Waals surface area contributed by atoms with Crippen molar-refractivity contribution < 1.29 is 43.2 Å². The molecule has 4 rings (SSSR count). The van der Waals surface area contributed by atoms with E-state index in [4.69, 9.17) is 24.1 Å². The second-order valence-corrected chi connectivity index (χ2v) is 12.2. The number of methoxy groups -OCH3 is 1. The summed E-state index contributed by atoms with van der Waals surface area (Å²) in [6.45, 7) is 6.79. The van der Waals surface area contributed by atoms with Crippen molar-refractivity contribution in [1.29, 1.82) is 0 Å². The largest absolute Gasteiger partial charge is 0.481 e. The fourth-order valence-electron chi connectivity index (χ4n) is 5.64. The van der Waals surface area contributed by atoms with Crippen LogP contribution in [0.3, 0.4) is 0 Å². The first-order chi connectivity index (χ1) is 19.5. The highest BCUT2D eigenvalue weighted by Crippen LogP contribution is 2.59. The molecule has 3 fully saturated rings. The average Bonchev–Trinajstić information content (AvgIpc) is 3.83. The molecule has 1 saturated carbocycles. The summed E-state index contributed by atoms with van der Waals surface area (Å²) < 4.78 is 23.7. The van der Waals surface area contributed by atoms with Crippen LogP contribution in [0.5, 0.6) is 0 Å². The molecule has 1 aromatic rings. The monoisotopic (exact) mass is 590 g/mol. The van der Waals surface area contributed by atoms with Gasteiger partial charge >= 0.3 is 12.1 Å². The van der Waals surface area contributed by atoms with Crippen LogP contribution in [-0.4, -0.2) is 78.0 Å². The zero-order chi connectivity index (χ0) is 29.8. The number of carboxylic acid groups (broad SMARTS) is 1. The standard InChI is InChI=1S/C29H38N2O9S/c1-17(2)8-9-21-28(3,40-21)26-25(37-4)20(12-13-29(26)16-38-29)39-27(36)31-23(33)15-41-19-7-5-6-18(14-19)30-22(32)10-11-24(34)35/h5-8,14,20-21,25-26H,9-13,15-16H2,1-4H3,(H,30,32)(H,34,35)(H,31,33,36)/t20-,21-,25-,26-,28-,29+/m1/s1. The van der Waals surface area contributed by atoms with E-state index in [0.29, 0.717) is 30.0 Å². The van der Waals surface area contributed by atoms with Crippen LogP contribution in [-0.2, 0) is 33.3 Å². The van der Waals surface area contributed by atoms with Crippen LogP contribution in [0, 0.1) is 5.92 Å². The van der Waals surface area contributed by atoms with Gasteiger partial charge in [-0.3, -0.25) is 19.7 Å². The van der Waals surface area contributed by atoms with Gasteiger partial charge in [0.1, 0.15) is 23.4 Å². The highest BCUT2D eigenvalue weighted by molar-refractivity contribution is 8.00. The number of epoxide rings is 2. The minimum Gasteiger partial charge on any atom is -0.481 e. The lowest BCUT2D eigenvalue weighted by molar-refractivity contribution is -0.138. The second kappa shape index (κ2) is 12.9. The number of carboxylic acids is 1. The molecule has 0 radical (unpaired) electrons. The number of benzene rings is 1. The summed E-state index contributed by atoms with van der Waals surface area (Å²) in [5, 5.41) is 13.6. The van der Waals surface area contributed by atoms with Gasteiger partial charge in [-0.15, -0.1) is 11.8 Å². The molecular formula is C29H38N2O9S. The van der Waals surface area contributed by atoms with E-state index >= 15 is 0 Å². The molecule has 12 heteroatoms. The predicted octanol–water partition coefficient (Wildman–Crippen LogP) is 3.91. The molecule has 1 aliphatic carbocycles. The van der Waals surface area contributed by atoms with Gasteiger partial charge < -0.3 is 29.4 Å². The van der Waals surface area contributed by atoms with E-state index in [0.717, 1.165) is 6.42 Å². The maximum atomic E-state index is 12.7. The minimum absolute atomic E-state index is 0.0314. The molecule has 2 heterocycles. The van der Waals surface area contributed by atoms with Gasteiger partial charge in [0, 0.05) is 24.1 Å². The number of rotatable bonds is 12. The van der Waals surface area contributed by atoms with Crippen molar-refractivity contribution in [1.82, 2.24) is 5.32 Å². The molecule has 6 atom stereocenters. The third-order valence-corrected chi connectivity index (χ3v) is 8.78. The summed E-state index contributed by atoms with van der Waals surface area (Å²) in [5.74, 6) is -2.17. The number of alkyl carbamates (subject to hydrolysis) is 1. The molecule has 2 aliphatic heterocycles. The number of hydrogen-bond acceptors (Lipinski definition) is 9. The van der Waals surface area contributed by atoms with Crippen LogP contribution in [0.2, 0.25) is 0 Å². The summed E-state index contributed by atoms with van der Waals surface area (Å²) in [5.41, 5.74) is 0.900. The molecule has 224 valence electrons. The van der Waals surface area contributed by atoms with Crippen LogP contribution in [0.15, 0.2) is 40.8 Å². The van der Waals surface area contributed by atoms with Crippen molar-refractivity contribution in [3.05, 3.63) is 35.9 Å². The minimum atomic E-state index is -1.05. The number of hydrogen-bond donors (Lipinski definition) is 3. The van der Waals surface area contributed by atoms with E-state index in [-0.39, 0.29) is 36.2 Å². The molecule has 0 bridgehead atoms. The van der Waals surface area contributed by atoms with Gasteiger partial charge in [0.2, 0.25) is 11.8 Å². The third kappa shape index (κ3) is 7.88. The smallest absolute Gasteiger partial charge is 0.414 e. The summed E-state index contributed by atoms with van der Waals surface area (Å²) in [6.07, 6.45) is 1.98. The van der Waals surface area contributed by atoms with E-state index < -0.39 is 41.7 Å². The second-order valence-electron chi connectivity index (χ2n) is 11.1. The number of carbonyl (C=O) groups excluding carboxylic acids is 3. The maximum Gasteiger partial charge on any atom is 0.414 e. The van der Waals surface area contributed by atoms with Crippen LogP contribution < -0.4 is 10.6 Å². The summed E-state index contributed by atoms with van der Waals surface area (Å²) >= 11 is 1.18. The normalized spacial score (nSPS) is 29.8. The number of thioether (sulfide) groups is 1. The number of allylic oxidation sites excluding steroid dienone is 1. The summed E-state index contributed by atoms with van der Waals surface area (Å²) in [6, 6.07) is 6.80. The van der Waals surface area contributed by atoms with E-state index in [1.807, 2.05) is 0 Å². The van der Waals surface area contributed by atoms with Crippen LogP contribution in [0.25, 0.3) is 0 Å². The number of anilines is 1. The number of aliphatic carboxylic acids is 1. The Hall–Kier alpha value is -2.93. The summed E-state index contributed by atoms with van der Waals surface area (Å²) in [7, 11) is 1.59. The van der Waals surface area contributed by atoms with Crippen molar-refractivity contribution in [3.8, 4) is 0 Å². The van der Waals surface area contributed by atoms with E-state index in [1.54, 1.807) is 31.4 Å². The molecule has 11 nitrogen and oxygen atoms in total. The third-order valence-electron chi connectivity index (χ3n) is 7.79. The van der Waals surface area contributed by atoms with Crippen LogP contribution in [0.4, 0.5) is 10.5 Å². The molecule has 3 amide bonds. The SMILES string of the molecule is CO[C@@H]1[C@H](OC(=O)NC(=O)CSc2cccc(NC(=O)CCC(=O)O)c2)CC[C@]2(CO2)[C@H]1[C@]1(C)O[C@@H]1CC=C(C)C. The van der Waals surface area contributed by atoms with Gasteiger partial charge in [-0.05, 0) is 58.2 Å². The van der Waals surface area contributed by atoms with E-state index in [1.165, 1.54) is 17.3 Å². The van der Waals surface area contributed by atoms with Crippen molar-refractivity contribution in [2.75, 3.05) is 24.8 Å². The highest BCUT2D eigenvalue weighted by Gasteiger charge is 2.72. The van der Waals surface area contributed by atoms with Gasteiger partial charge in [0.15, 0.2) is 0 Å². The number of imide groups is 1. The number of ether oxygens (including phenoxy) is 4.